The first kappa shape index (κ1) is 14.6. The van der Waals surface area contributed by atoms with Crippen LogP contribution in [0.1, 0.15) is 25.8 Å². The SMILES string of the molecule is CCC(C)NCc1cc(OC)c(OC)cc1OC. The number of hydrogen-bond acceptors (Lipinski definition) is 4. The van der Waals surface area contributed by atoms with Crippen LogP contribution in [0.25, 0.3) is 0 Å². The first-order valence-corrected chi connectivity index (χ1v) is 6.18. The minimum atomic E-state index is 0.475. The molecule has 0 fully saturated rings. The Morgan fingerprint density at radius 2 is 1.56 bits per heavy atom. The number of hydrogen-bond donors (Lipinski definition) is 1. The summed E-state index contributed by atoms with van der Waals surface area (Å²) in [5, 5.41) is 3.44. The fourth-order valence-corrected chi connectivity index (χ4v) is 1.66. The summed E-state index contributed by atoms with van der Waals surface area (Å²) in [6.45, 7) is 5.06. The van der Waals surface area contributed by atoms with Gasteiger partial charge in [-0.1, -0.05) is 6.92 Å². The van der Waals surface area contributed by atoms with E-state index in [-0.39, 0.29) is 0 Å². The van der Waals surface area contributed by atoms with Crippen molar-refractivity contribution in [3.63, 3.8) is 0 Å². The molecule has 1 unspecified atom stereocenters. The second-order valence-corrected chi connectivity index (χ2v) is 4.21. The molecule has 0 saturated carbocycles. The van der Waals surface area contributed by atoms with Gasteiger partial charge < -0.3 is 19.5 Å². The predicted octanol–water partition coefficient (Wildman–Crippen LogP) is 2.60. The average molecular weight is 253 g/mol. The standard InChI is InChI=1S/C14H23NO3/c1-6-10(2)15-9-11-7-13(17-4)14(18-5)8-12(11)16-3/h7-8,10,15H,6,9H2,1-5H3. The van der Waals surface area contributed by atoms with E-state index in [0.717, 1.165) is 30.0 Å². The van der Waals surface area contributed by atoms with Crippen LogP contribution in [-0.2, 0) is 6.54 Å². The van der Waals surface area contributed by atoms with Crippen molar-refractivity contribution in [2.75, 3.05) is 21.3 Å². The molecule has 1 rings (SSSR count). The molecule has 4 heteroatoms. The Labute approximate surface area is 109 Å². The van der Waals surface area contributed by atoms with Gasteiger partial charge in [0.2, 0.25) is 0 Å². The lowest BCUT2D eigenvalue weighted by Gasteiger charge is -2.16. The maximum Gasteiger partial charge on any atom is 0.164 e. The molecule has 1 aromatic rings. The zero-order chi connectivity index (χ0) is 13.5. The lowest BCUT2D eigenvalue weighted by atomic mass is 10.1. The molecule has 1 aromatic carbocycles. The summed E-state index contributed by atoms with van der Waals surface area (Å²) >= 11 is 0. The van der Waals surface area contributed by atoms with E-state index in [1.54, 1.807) is 21.3 Å². The zero-order valence-corrected chi connectivity index (χ0v) is 11.9. The molecule has 0 aromatic heterocycles. The third-order valence-corrected chi connectivity index (χ3v) is 3.04. The van der Waals surface area contributed by atoms with Crippen LogP contribution in [-0.4, -0.2) is 27.4 Å². The van der Waals surface area contributed by atoms with E-state index >= 15 is 0 Å². The van der Waals surface area contributed by atoms with Crippen LogP contribution in [0, 0.1) is 0 Å². The largest absolute Gasteiger partial charge is 0.496 e. The van der Waals surface area contributed by atoms with Gasteiger partial charge >= 0.3 is 0 Å². The first-order valence-electron chi connectivity index (χ1n) is 6.18. The molecule has 0 aliphatic carbocycles. The topological polar surface area (TPSA) is 39.7 Å². The second kappa shape index (κ2) is 7.11. The molecule has 0 radical (unpaired) electrons. The van der Waals surface area contributed by atoms with Crippen LogP contribution in [0.15, 0.2) is 12.1 Å². The van der Waals surface area contributed by atoms with Gasteiger partial charge in [-0.2, -0.15) is 0 Å². The zero-order valence-electron chi connectivity index (χ0n) is 11.9. The molecule has 0 aliphatic rings. The van der Waals surface area contributed by atoms with Gasteiger partial charge in [0.15, 0.2) is 11.5 Å². The molecule has 0 spiro atoms. The van der Waals surface area contributed by atoms with Gasteiger partial charge in [-0.05, 0) is 19.4 Å². The fourth-order valence-electron chi connectivity index (χ4n) is 1.66. The van der Waals surface area contributed by atoms with Gasteiger partial charge in [0.05, 0.1) is 21.3 Å². The van der Waals surface area contributed by atoms with Crippen LogP contribution in [0.3, 0.4) is 0 Å². The molecule has 18 heavy (non-hydrogen) atoms. The Morgan fingerprint density at radius 3 is 2.06 bits per heavy atom. The van der Waals surface area contributed by atoms with Gasteiger partial charge in [0, 0.05) is 24.2 Å². The highest BCUT2D eigenvalue weighted by atomic mass is 16.5. The van der Waals surface area contributed by atoms with Gasteiger partial charge in [-0.15, -0.1) is 0 Å². The average Bonchev–Trinajstić information content (AvgIpc) is 2.43. The lowest BCUT2D eigenvalue weighted by Crippen LogP contribution is -2.24. The van der Waals surface area contributed by atoms with E-state index in [2.05, 4.69) is 19.2 Å². The van der Waals surface area contributed by atoms with Crippen molar-refractivity contribution in [2.45, 2.75) is 32.9 Å². The number of rotatable bonds is 7. The van der Waals surface area contributed by atoms with Crippen molar-refractivity contribution < 1.29 is 14.2 Å². The molecule has 0 amide bonds. The Bertz CT molecular complexity index is 380. The van der Waals surface area contributed by atoms with Crippen LogP contribution in [0.2, 0.25) is 0 Å². The summed E-state index contributed by atoms with van der Waals surface area (Å²) in [4.78, 5) is 0. The van der Waals surface area contributed by atoms with Crippen LogP contribution >= 0.6 is 0 Å². The Kier molecular flexibility index (Phi) is 5.78. The van der Waals surface area contributed by atoms with Crippen molar-refractivity contribution >= 4 is 0 Å². The van der Waals surface area contributed by atoms with Crippen molar-refractivity contribution in [3.05, 3.63) is 17.7 Å². The number of ether oxygens (including phenoxy) is 3. The third kappa shape index (κ3) is 3.53. The molecule has 0 saturated heterocycles. The first-order chi connectivity index (χ1) is 8.65. The van der Waals surface area contributed by atoms with E-state index in [1.807, 2.05) is 12.1 Å². The lowest BCUT2D eigenvalue weighted by molar-refractivity contribution is 0.346. The van der Waals surface area contributed by atoms with E-state index in [9.17, 15) is 0 Å². The number of nitrogens with one attached hydrogen (secondary N) is 1. The van der Waals surface area contributed by atoms with Crippen LogP contribution in [0.5, 0.6) is 17.2 Å². The van der Waals surface area contributed by atoms with Crippen molar-refractivity contribution in [1.29, 1.82) is 0 Å². The molecule has 102 valence electrons. The highest BCUT2D eigenvalue weighted by molar-refractivity contribution is 5.50. The Balaban J connectivity index is 2.94. The minimum absolute atomic E-state index is 0.475. The highest BCUT2D eigenvalue weighted by Gasteiger charge is 2.12. The summed E-state index contributed by atoms with van der Waals surface area (Å²) in [7, 11) is 4.92. The highest BCUT2D eigenvalue weighted by Crippen LogP contribution is 2.34. The van der Waals surface area contributed by atoms with Gasteiger partial charge in [0.1, 0.15) is 5.75 Å². The summed E-state index contributed by atoms with van der Waals surface area (Å²) in [5.74, 6) is 2.21. The summed E-state index contributed by atoms with van der Waals surface area (Å²) < 4.78 is 15.9. The van der Waals surface area contributed by atoms with Crippen molar-refractivity contribution in [1.82, 2.24) is 5.32 Å². The third-order valence-electron chi connectivity index (χ3n) is 3.04. The molecule has 0 heterocycles. The van der Waals surface area contributed by atoms with Gasteiger partial charge in [0.25, 0.3) is 0 Å². The van der Waals surface area contributed by atoms with E-state index < -0.39 is 0 Å². The van der Waals surface area contributed by atoms with Crippen molar-refractivity contribution in [2.24, 2.45) is 0 Å². The molecule has 1 atom stereocenters. The monoisotopic (exact) mass is 253 g/mol. The Morgan fingerprint density at radius 1 is 1.00 bits per heavy atom. The molecular formula is C14H23NO3. The second-order valence-electron chi connectivity index (χ2n) is 4.21. The normalized spacial score (nSPS) is 12.1. The quantitative estimate of drug-likeness (QED) is 0.811. The molecule has 1 N–H and O–H groups in total. The van der Waals surface area contributed by atoms with Crippen molar-refractivity contribution in [3.8, 4) is 17.2 Å². The van der Waals surface area contributed by atoms with E-state index in [0.29, 0.717) is 11.8 Å². The van der Waals surface area contributed by atoms with Crippen LogP contribution in [0.4, 0.5) is 0 Å². The maximum absolute atomic E-state index is 5.38. The summed E-state index contributed by atoms with van der Waals surface area (Å²) in [6.07, 6.45) is 1.09. The summed E-state index contributed by atoms with van der Waals surface area (Å²) in [5.41, 5.74) is 1.07. The predicted molar refractivity (Wildman–Crippen MR) is 72.7 cm³/mol. The smallest absolute Gasteiger partial charge is 0.164 e. The molecule has 4 nitrogen and oxygen atoms in total. The summed E-state index contributed by atoms with van der Waals surface area (Å²) in [6, 6.07) is 4.28. The van der Waals surface area contributed by atoms with Gasteiger partial charge in [-0.3, -0.25) is 0 Å². The molecule has 0 bridgehead atoms. The molecular weight excluding hydrogens is 230 g/mol. The van der Waals surface area contributed by atoms with E-state index in [4.69, 9.17) is 14.2 Å². The Hall–Kier alpha value is -1.42. The number of methoxy groups -OCH3 is 3. The fraction of sp³-hybridized carbons (Fsp3) is 0.571. The van der Waals surface area contributed by atoms with Gasteiger partial charge in [-0.25, -0.2) is 0 Å². The maximum atomic E-state index is 5.38. The minimum Gasteiger partial charge on any atom is -0.496 e. The van der Waals surface area contributed by atoms with Crippen LogP contribution < -0.4 is 19.5 Å². The molecule has 0 aliphatic heterocycles. The van der Waals surface area contributed by atoms with E-state index in [1.165, 1.54) is 0 Å². The number of benzene rings is 1.